The van der Waals surface area contributed by atoms with E-state index in [1.165, 1.54) is 6.21 Å². The van der Waals surface area contributed by atoms with Crippen molar-refractivity contribution in [1.82, 2.24) is 5.43 Å². The van der Waals surface area contributed by atoms with Crippen molar-refractivity contribution >= 4 is 29.7 Å². The fourth-order valence-electron chi connectivity index (χ4n) is 3.09. The Kier molecular flexibility index (Phi) is 7.40. The number of benzene rings is 4. The van der Waals surface area contributed by atoms with Gasteiger partial charge in [0.2, 0.25) is 0 Å². The number of ether oxygens (including phenoxy) is 1. The molecule has 4 aromatic rings. The molecule has 4 aromatic carbocycles. The summed E-state index contributed by atoms with van der Waals surface area (Å²) in [5.41, 5.74) is 5.15. The van der Waals surface area contributed by atoms with Gasteiger partial charge in [0.25, 0.3) is 11.8 Å². The highest BCUT2D eigenvalue weighted by Crippen LogP contribution is 2.14. The van der Waals surface area contributed by atoms with Crippen LogP contribution in [0, 0.1) is 0 Å². The number of esters is 1. The van der Waals surface area contributed by atoms with Gasteiger partial charge in [0.15, 0.2) is 0 Å². The highest BCUT2D eigenvalue weighted by molar-refractivity contribution is 6.04. The normalized spacial score (nSPS) is 10.5. The van der Waals surface area contributed by atoms with Gasteiger partial charge in [0.05, 0.1) is 11.8 Å². The second kappa shape index (κ2) is 11.2. The summed E-state index contributed by atoms with van der Waals surface area (Å²) in [5, 5.41) is 6.75. The van der Waals surface area contributed by atoms with Crippen LogP contribution in [0.2, 0.25) is 0 Å². The summed E-state index contributed by atoms with van der Waals surface area (Å²) >= 11 is 0. The first-order chi connectivity index (χ1) is 17.1. The van der Waals surface area contributed by atoms with E-state index in [1.807, 2.05) is 12.1 Å². The second-order valence-electron chi connectivity index (χ2n) is 7.42. The lowest BCUT2D eigenvalue weighted by atomic mass is 10.1. The lowest BCUT2D eigenvalue weighted by Crippen LogP contribution is -2.17. The molecule has 0 saturated heterocycles. The van der Waals surface area contributed by atoms with Crippen molar-refractivity contribution in [2.45, 2.75) is 0 Å². The van der Waals surface area contributed by atoms with Crippen LogP contribution in [0.4, 0.5) is 5.69 Å². The first-order valence-electron chi connectivity index (χ1n) is 10.8. The summed E-state index contributed by atoms with van der Waals surface area (Å²) in [6, 6.07) is 30.8. The van der Waals surface area contributed by atoms with E-state index in [9.17, 15) is 14.4 Å². The molecule has 0 aliphatic carbocycles. The van der Waals surface area contributed by atoms with Crippen LogP contribution in [0.25, 0.3) is 0 Å². The van der Waals surface area contributed by atoms with Gasteiger partial charge in [-0.25, -0.2) is 10.2 Å². The fraction of sp³-hybridized carbons (Fsp3) is 0. The number of carbonyl (C=O) groups excluding carboxylic acids is 3. The number of hydrogen-bond donors (Lipinski definition) is 2. The second-order valence-corrected chi connectivity index (χ2v) is 7.42. The molecule has 7 nitrogen and oxygen atoms in total. The zero-order valence-corrected chi connectivity index (χ0v) is 18.5. The molecule has 172 valence electrons. The van der Waals surface area contributed by atoms with Crippen LogP contribution < -0.4 is 15.5 Å². The van der Waals surface area contributed by atoms with Gasteiger partial charge in [-0.15, -0.1) is 0 Å². The molecule has 0 spiro atoms. The lowest BCUT2D eigenvalue weighted by Gasteiger charge is -2.06. The molecular formula is C28H21N3O4. The molecule has 7 heteroatoms. The van der Waals surface area contributed by atoms with Crippen LogP contribution in [0.1, 0.15) is 36.6 Å². The molecule has 0 aliphatic heterocycles. The van der Waals surface area contributed by atoms with Gasteiger partial charge in [-0.3, -0.25) is 9.59 Å². The van der Waals surface area contributed by atoms with E-state index in [0.29, 0.717) is 33.7 Å². The van der Waals surface area contributed by atoms with Crippen LogP contribution in [0.5, 0.6) is 5.75 Å². The Bertz CT molecular complexity index is 1330. The summed E-state index contributed by atoms with van der Waals surface area (Å²) in [4.78, 5) is 36.6. The van der Waals surface area contributed by atoms with E-state index in [0.717, 1.165) is 0 Å². The SMILES string of the molecule is O=C(N/N=C/c1ccc(OC(=O)c2ccccc2)cc1)c1ccc(NC(=O)c2ccccc2)cc1. The Morgan fingerprint density at radius 3 is 1.83 bits per heavy atom. The highest BCUT2D eigenvalue weighted by atomic mass is 16.5. The van der Waals surface area contributed by atoms with E-state index < -0.39 is 11.9 Å². The Balaban J connectivity index is 1.28. The molecule has 0 bridgehead atoms. The molecule has 4 rings (SSSR count). The van der Waals surface area contributed by atoms with Gasteiger partial charge in [0.1, 0.15) is 5.75 Å². The fourth-order valence-corrected chi connectivity index (χ4v) is 3.09. The molecular weight excluding hydrogens is 442 g/mol. The summed E-state index contributed by atoms with van der Waals surface area (Å²) in [5.74, 6) is -0.659. The van der Waals surface area contributed by atoms with E-state index >= 15 is 0 Å². The quantitative estimate of drug-likeness (QED) is 0.176. The van der Waals surface area contributed by atoms with Crippen molar-refractivity contribution in [2.75, 3.05) is 5.32 Å². The Morgan fingerprint density at radius 1 is 0.629 bits per heavy atom. The third-order valence-electron chi connectivity index (χ3n) is 4.92. The Morgan fingerprint density at radius 2 is 1.20 bits per heavy atom. The van der Waals surface area contributed by atoms with Crippen LogP contribution in [-0.4, -0.2) is 24.0 Å². The minimum absolute atomic E-state index is 0.228. The maximum Gasteiger partial charge on any atom is 0.343 e. The maximum atomic E-state index is 12.3. The molecule has 0 saturated carbocycles. The minimum atomic E-state index is -0.440. The van der Waals surface area contributed by atoms with Gasteiger partial charge in [0, 0.05) is 16.8 Å². The van der Waals surface area contributed by atoms with Crippen molar-refractivity contribution in [1.29, 1.82) is 0 Å². The van der Waals surface area contributed by atoms with Crippen LogP contribution in [0.3, 0.4) is 0 Å². The van der Waals surface area contributed by atoms with Gasteiger partial charge in [-0.2, -0.15) is 5.10 Å². The number of amides is 2. The smallest absolute Gasteiger partial charge is 0.343 e. The van der Waals surface area contributed by atoms with Gasteiger partial charge in [-0.1, -0.05) is 36.4 Å². The molecule has 0 atom stereocenters. The molecule has 0 aliphatic rings. The first-order valence-corrected chi connectivity index (χ1v) is 10.8. The van der Waals surface area contributed by atoms with Gasteiger partial charge < -0.3 is 10.1 Å². The van der Waals surface area contributed by atoms with E-state index in [2.05, 4.69) is 15.8 Å². The van der Waals surface area contributed by atoms with Crippen molar-refractivity contribution in [2.24, 2.45) is 5.10 Å². The number of hydrogen-bond acceptors (Lipinski definition) is 5. The average molecular weight is 463 g/mol. The largest absolute Gasteiger partial charge is 0.423 e. The predicted octanol–water partition coefficient (Wildman–Crippen LogP) is 4.92. The minimum Gasteiger partial charge on any atom is -0.423 e. The lowest BCUT2D eigenvalue weighted by molar-refractivity contribution is 0.0734. The number of carbonyl (C=O) groups is 3. The third kappa shape index (κ3) is 6.49. The number of nitrogens with zero attached hydrogens (tertiary/aromatic N) is 1. The number of rotatable bonds is 7. The average Bonchev–Trinajstić information content (AvgIpc) is 2.91. The zero-order chi connectivity index (χ0) is 24.5. The molecule has 0 radical (unpaired) electrons. The van der Waals surface area contributed by atoms with E-state index in [4.69, 9.17) is 4.74 Å². The number of nitrogens with one attached hydrogen (secondary N) is 2. The number of hydrazone groups is 1. The Labute approximate surface area is 202 Å². The standard InChI is InChI=1S/C28H21N3O4/c32-26(21-7-3-1-4-8-21)30-24-15-13-22(14-16-24)27(33)31-29-19-20-11-17-25(18-12-20)35-28(34)23-9-5-2-6-10-23/h1-19H,(H,30,32)(H,31,33)/b29-19+. The van der Waals surface area contributed by atoms with Gasteiger partial charge in [-0.05, 0) is 78.4 Å². The molecule has 0 aromatic heterocycles. The van der Waals surface area contributed by atoms with Crippen molar-refractivity contribution in [3.05, 3.63) is 131 Å². The monoisotopic (exact) mass is 463 g/mol. The topological polar surface area (TPSA) is 96.9 Å². The van der Waals surface area contributed by atoms with Crippen molar-refractivity contribution in [3.8, 4) is 5.75 Å². The van der Waals surface area contributed by atoms with Crippen LogP contribution in [0.15, 0.2) is 114 Å². The summed E-state index contributed by atoms with van der Waals surface area (Å²) in [6.45, 7) is 0. The van der Waals surface area contributed by atoms with Crippen molar-refractivity contribution in [3.63, 3.8) is 0 Å². The van der Waals surface area contributed by atoms with Crippen molar-refractivity contribution < 1.29 is 19.1 Å². The predicted molar refractivity (Wildman–Crippen MR) is 134 cm³/mol. The van der Waals surface area contributed by atoms with Gasteiger partial charge >= 0.3 is 5.97 Å². The molecule has 35 heavy (non-hydrogen) atoms. The van der Waals surface area contributed by atoms with Crippen LogP contribution in [-0.2, 0) is 0 Å². The highest BCUT2D eigenvalue weighted by Gasteiger charge is 2.09. The molecule has 2 amide bonds. The maximum absolute atomic E-state index is 12.3. The summed E-state index contributed by atoms with van der Waals surface area (Å²) in [6.07, 6.45) is 1.48. The zero-order valence-electron chi connectivity index (χ0n) is 18.5. The number of anilines is 1. The molecule has 0 fully saturated rings. The summed E-state index contributed by atoms with van der Waals surface area (Å²) < 4.78 is 5.34. The van der Waals surface area contributed by atoms with E-state index in [1.54, 1.807) is 97.1 Å². The summed E-state index contributed by atoms with van der Waals surface area (Å²) in [7, 11) is 0. The third-order valence-corrected chi connectivity index (χ3v) is 4.92. The molecule has 0 heterocycles. The van der Waals surface area contributed by atoms with Crippen LogP contribution >= 0.6 is 0 Å². The Hall–Kier alpha value is -5.04. The molecule has 2 N–H and O–H groups in total. The first kappa shape index (κ1) is 23.1. The molecule has 0 unspecified atom stereocenters. The van der Waals surface area contributed by atoms with E-state index in [-0.39, 0.29) is 5.91 Å².